The van der Waals surface area contributed by atoms with Gasteiger partial charge in [-0.15, -0.1) is 0 Å². The molecule has 0 saturated heterocycles. The first-order valence-electron chi connectivity index (χ1n) is 10.9. The molecule has 0 atom stereocenters. The lowest BCUT2D eigenvalue weighted by atomic mass is 10.0. The zero-order valence-corrected chi connectivity index (χ0v) is 19.0. The number of pyridine rings is 1. The Hall–Kier alpha value is -3.67. The Morgan fingerprint density at radius 1 is 1.03 bits per heavy atom. The van der Waals surface area contributed by atoms with E-state index in [1.165, 1.54) is 0 Å². The van der Waals surface area contributed by atoms with Crippen molar-refractivity contribution in [2.45, 2.75) is 47.1 Å². The minimum absolute atomic E-state index is 0.0575. The summed E-state index contributed by atoms with van der Waals surface area (Å²) in [5.41, 5.74) is 5.96. The lowest BCUT2D eigenvalue weighted by Gasteiger charge is -2.14. The Labute approximate surface area is 187 Å². The molecular weight excluding hydrogens is 400 g/mol. The van der Waals surface area contributed by atoms with E-state index in [1.54, 1.807) is 4.57 Å². The maximum Gasteiger partial charge on any atom is 0.255 e. The van der Waals surface area contributed by atoms with Gasteiger partial charge in [0.15, 0.2) is 0 Å². The molecule has 0 aliphatic heterocycles. The summed E-state index contributed by atoms with van der Waals surface area (Å²) in [7, 11) is 0. The van der Waals surface area contributed by atoms with Crippen LogP contribution < -0.4 is 10.9 Å². The summed E-state index contributed by atoms with van der Waals surface area (Å²) < 4.78 is 3.61. The Morgan fingerprint density at radius 2 is 1.78 bits per heavy atom. The predicted molar refractivity (Wildman–Crippen MR) is 129 cm³/mol. The molecule has 4 aromatic rings. The fraction of sp³-hybridized carbons (Fsp3) is 0.269. The Morgan fingerprint density at radius 3 is 2.47 bits per heavy atom. The van der Waals surface area contributed by atoms with Gasteiger partial charge in [0, 0.05) is 29.6 Å². The smallest absolute Gasteiger partial charge is 0.255 e. The Balaban J connectivity index is 1.71. The highest BCUT2D eigenvalue weighted by molar-refractivity contribution is 5.91. The molecule has 0 bridgehead atoms. The summed E-state index contributed by atoms with van der Waals surface area (Å²) in [6, 6.07) is 17.5. The van der Waals surface area contributed by atoms with Gasteiger partial charge in [0.05, 0.1) is 11.4 Å². The second kappa shape index (κ2) is 8.83. The molecule has 1 N–H and O–H groups in total. The number of amides is 1. The van der Waals surface area contributed by atoms with E-state index in [0.717, 1.165) is 39.2 Å². The van der Waals surface area contributed by atoms with Gasteiger partial charge in [-0.05, 0) is 69.5 Å². The first kappa shape index (κ1) is 21.6. The molecule has 0 saturated carbocycles. The van der Waals surface area contributed by atoms with Gasteiger partial charge in [-0.2, -0.15) is 5.10 Å². The number of carbonyl (C=O) groups excluding carboxylic acids is 1. The summed E-state index contributed by atoms with van der Waals surface area (Å²) >= 11 is 0. The van der Waals surface area contributed by atoms with E-state index in [0.29, 0.717) is 18.5 Å². The number of benzene rings is 2. The summed E-state index contributed by atoms with van der Waals surface area (Å²) in [6.07, 6.45) is 0.624. The quantitative estimate of drug-likeness (QED) is 0.484. The summed E-state index contributed by atoms with van der Waals surface area (Å²) in [5.74, 6) is -0.103. The van der Waals surface area contributed by atoms with Crippen LogP contribution in [0.3, 0.4) is 0 Å². The number of nitrogens with one attached hydrogen (secondary N) is 1. The van der Waals surface area contributed by atoms with Gasteiger partial charge < -0.3 is 5.32 Å². The normalized spacial score (nSPS) is 11.1. The number of para-hydroxylation sites is 1. The molecule has 2 aromatic carbocycles. The van der Waals surface area contributed by atoms with E-state index in [2.05, 4.69) is 5.32 Å². The number of carbonyl (C=O) groups is 1. The van der Waals surface area contributed by atoms with Crippen molar-refractivity contribution >= 4 is 22.6 Å². The molecule has 164 valence electrons. The summed E-state index contributed by atoms with van der Waals surface area (Å²) in [4.78, 5) is 26.0. The van der Waals surface area contributed by atoms with Crippen molar-refractivity contribution in [1.29, 1.82) is 0 Å². The van der Waals surface area contributed by atoms with Gasteiger partial charge in [0.1, 0.15) is 5.65 Å². The average Bonchev–Trinajstić information content (AvgIpc) is 3.12. The fourth-order valence-electron chi connectivity index (χ4n) is 4.30. The highest BCUT2D eigenvalue weighted by Crippen LogP contribution is 2.26. The van der Waals surface area contributed by atoms with Crippen molar-refractivity contribution in [3.8, 4) is 5.69 Å². The monoisotopic (exact) mass is 428 g/mol. The number of fused-ring (bicyclic) bond motifs is 1. The van der Waals surface area contributed by atoms with Crippen molar-refractivity contribution in [3.05, 3.63) is 87.3 Å². The molecule has 0 unspecified atom stereocenters. The zero-order chi connectivity index (χ0) is 22.8. The standard InChI is InChI=1S/C26H28N4O2/c1-5-29-25-24(19(4)28-30(25)21-12-7-6-8-13-21)18(3)22(26(29)32)14-15-23(31)27-20-11-9-10-17(2)16-20/h6-13,16H,5,14-15H2,1-4H3,(H,27,31). The largest absolute Gasteiger partial charge is 0.326 e. The maximum absolute atomic E-state index is 13.4. The Kier molecular flexibility index (Phi) is 5.95. The van der Waals surface area contributed by atoms with Gasteiger partial charge in [0.25, 0.3) is 5.56 Å². The lowest BCUT2D eigenvalue weighted by Crippen LogP contribution is -2.27. The highest BCUT2D eigenvalue weighted by atomic mass is 16.1. The third-order valence-electron chi connectivity index (χ3n) is 5.84. The van der Waals surface area contributed by atoms with Crippen molar-refractivity contribution in [1.82, 2.24) is 14.3 Å². The number of nitrogens with zero attached hydrogens (tertiary/aromatic N) is 3. The van der Waals surface area contributed by atoms with Crippen LogP contribution in [0.25, 0.3) is 16.7 Å². The maximum atomic E-state index is 13.4. The van der Waals surface area contributed by atoms with E-state index >= 15 is 0 Å². The first-order valence-corrected chi connectivity index (χ1v) is 10.9. The average molecular weight is 429 g/mol. The van der Waals surface area contributed by atoms with E-state index in [4.69, 9.17) is 5.10 Å². The SMILES string of the molecule is CCn1c(=O)c(CCC(=O)Nc2cccc(C)c2)c(C)c2c(C)nn(-c3ccccc3)c21. The van der Waals surface area contributed by atoms with Gasteiger partial charge in [0.2, 0.25) is 5.91 Å². The first-order chi connectivity index (χ1) is 15.4. The number of aromatic nitrogens is 3. The van der Waals surface area contributed by atoms with Crippen LogP contribution in [-0.4, -0.2) is 20.3 Å². The number of hydrogen-bond acceptors (Lipinski definition) is 3. The van der Waals surface area contributed by atoms with Crippen molar-refractivity contribution in [3.63, 3.8) is 0 Å². The van der Waals surface area contributed by atoms with E-state index in [-0.39, 0.29) is 17.9 Å². The van der Waals surface area contributed by atoms with Crippen LogP contribution in [0.2, 0.25) is 0 Å². The topological polar surface area (TPSA) is 68.9 Å². The van der Waals surface area contributed by atoms with Crippen LogP contribution in [0.1, 0.15) is 35.7 Å². The molecule has 0 radical (unpaired) electrons. The number of aryl methyl sites for hydroxylation is 4. The number of anilines is 1. The van der Waals surface area contributed by atoms with E-state index in [1.807, 2.05) is 87.0 Å². The molecule has 0 spiro atoms. The molecule has 0 aliphatic rings. The van der Waals surface area contributed by atoms with Crippen LogP contribution in [0.4, 0.5) is 5.69 Å². The van der Waals surface area contributed by atoms with Crippen LogP contribution in [0, 0.1) is 20.8 Å². The predicted octanol–water partition coefficient (Wildman–Crippen LogP) is 4.70. The number of hydrogen-bond donors (Lipinski definition) is 1. The number of rotatable bonds is 6. The van der Waals surface area contributed by atoms with Crippen molar-refractivity contribution < 1.29 is 4.79 Å². The molecule has 4 rings (SSSR count). The van der Waals surface area contributed by atoms with Gasteiger partial charge in [-0.25, -0.2) is 4.68 Å². The molecule has 0 fully saturated rings. The second-order valence-corrected chi connectivity index (χ2v) is 8.10. The Bertz CT molecular complexity index is 1350. The van der Waals surface area contributed by atoms with Crippen LogP contribution >= 0.6 is 0 Å². The van der Waals surface area contributed by atoms with Crippen molar-refractivity contribution in [2.24, 2.45) is 0 Å². The van der Waals surface area contributed by atoms with Crippen LogP contribution in [0.15, 0.2) is 59.4 Å². The third kappa shape index (κ3) is 3.96. The summed E-state index contributed by atoms with van der Waals surface area (Å²) in [5, 5.41) is 8.66. The molecule has 0 aliphatic carbocycles. The highest BCUT2D eigenvalue weighted by Gasteiger charge is 2.21. The minimum Gasteiger partial charge on any atom is -0.326 e. The molecule has 1 amide bonds. The van der Waals surface area contributed by atoms with Crippen LogP contribution in [0.5, 0.6) is 0 Å². The molecule has 6 nitrogen and oxygen atoms in total. The van der Waals surface area contributed by atoms with Crippen LogP contribution in [-0.2, 0) is 17.8 Å². The molecule has 32 heavy (non-hydrogen) atoms. The van der Waals surface area contributed by atoms with E-state index < -0.39 is 0 Å². The zero-order valence-electron chi connectivity index (χ0n) is 19.0. The van der Waals surface area contributed by atoms with E-state index in [9.17, 15) is 9.59 Å². The lowest BCUT2D eigenvalue weighted by molar-refractivity contribution is -0.116. The molecule has 2 heterocycles. The second-order valence-electron chi connectivity index (χ2n) is 8.10. The third-order valence-corrected chi connectivity index (χ3v) is 5.84. The van der Waals surface area contributed by atoms with Crippen molar-refractivity contribution in [2.75, 3.05) is 5.32 Å². The van der Waals surface area contributed by atoms with Gasteiger partial charge in [-0.1, -0.05) is 30.3 Å². The minimum atomic E-state index is -0.103. The molecule has 2 aromatic heterocycles. The van der Waals surface area contributed by atoms with Gasteiger partial charge >= 0.3 is 0 Å². The molecule has 6 heteroatoms. The fourth-order valence-corrected chi connectivity index (χ4v) is 4.30. The molecular formula is C26H28N4O2. The van der Waals surface area contributed by atoms with Gasteiger partial charge in [-0.3, -0.25) is 14.2 Å². The summed E-state index contributed by atoms with van der Waals surface area (Å²) in [6.45, 7) is 8.40.